The van der Waals surface area contributed by atoms with Crippen molar-refractivity contribution in [3.05, 3.63) is 35.6 Å². The first-order valence-corrected chi connectivity index (χ1v) is 7.91. The van der Waals surface area contributed by atoms with E-state index in [0.717, 1.165) is 31.2 Å². The summed E-state index contributed by atoms with van der Waals surface area (Å²) in [6, 6.07) is 6.84. The Hall–Kier alpha value is -0.930. The molecule has 21 heavy (non-hydrogen) atoms. The Morgan fingerprint density at radius 3 is 2.10 bits per heavy atom. The van der Waals surface area contributed by atoms with Crippen molar-refractivity contribution in [2.45, 2.75) is 57.7 Å². The Morgan fingerprint density at radius 1 is 0.905 bits per heavy atom. The molecule has 1 atom stereocenters. The fourth-order valence-corrected chi connectivity index (χ4v) is 3.65. The summed E-state index contributed by atoms with van der Waals surface area (Å²) >= 11 is 0. The average molecular weight is 292 g/mol. The Balaban J connectivity index is 1.96. The highest BCUT2D eigenvalue weighted by atomic mass is 19.1. The summed E-state index contributed by atoms with van der Waals surface area (Å²) in [7, 11) is 0. The average Bonchev–Trinajstić information content (AvgIpc) is 2.46. The molecule has 1 spiro atoms. The minimum atomic E-state index is -0.557. The molecule has 1 saturated carbocycles. The molecular weight excluding hydrogens is 267 g/mol. The molecule has 2 nitrogen and oxygen atoms in total. The van der Waals surface area contributed by atoms with Gasteiger partial charge in [-0.3, -0.25) is 0 Å². The molecule has 0 bridgehead atoms. The van der Waals surface area contributed by atoms with E-state index in [1.54, 1.807) is 0 Å². The van der Waals surface area contributed by atoms with Crippen LogP contribution in [0.5, 0.6) is 0 Å². The van der Waals surface area contributed by atoms with Crippen molar-refractivity contribution in [1.29, 1.82) is 0 Å². The molecular formula is C18H25FO2. The topological polar surface area (TPSA) is 18.5 Å². The van der Waals surface area contributed by atoms with E-state index in [-0.39, 0.29) is 16.6 Å². The number of benzene rings is 1. The lowest BCUT2D eigenvalue weighted by Gasteiger charge is -2.55. The number of rotatable bonds is 1. The van der Waals surface area contributed by atoms with E-state index in [4.69, 9.17) is 9.47 Å². The maximum absolute atomic E-state index is 13.3. The van der Waals surface area contributed by atoms with E-state index >= 15 is 0 Å². The summed E-state index contributed by atoms with van der Waals surface area (Å²) in [6.45, 7) is 7.96. The molecule has 0 aromatic heterocycles. The molecule has 0 unspecified atom stereocenters. The zero-order valence-electron chi connectivity index (χ0n) is 13.2. The second-order valence-electron chi connectivity index (χ2n) is 7.54. The zero-order chi connectivity index (χ0) is 15.1. The molecule has 3 heteroatoms. The highest BCUT2D eigenvalue weighted by Crippen LogP contribution is 2.51. The number of halogens is 1. The lowest BCUT2D eigenvalue weighted by Crippen LogP contribution is -2.60. The second-order valence-corrected chi connectivity index (χ2v) is 7.54. The molecule has 116 valence electrons. The minimum Gasteiger partial charge on any atom is -0.348 e. The molecule has 1 aromatic rings. The van der Waals surface area contributed by atoms with Crippen molar-refractivity contribution in [3.63, 3.8) is 0 Å². The van der Waals surface area contributed by atoms with E-state index in [9.17, 15) is 4.39 Å². The molecule has 1 aliphatic heterocycles. The van der Waals surface area contributed by atoms with Crippen LogP contribution in [-0.2, 0) is 14.9 Å². The highest BCUT2D eigenvalue weighted by molar-refractivity contribution is 5.29. The van der Waals surface area contributed by atoms with Crippen LogP contribution in [0.15, 0.2) is 24.3 Å². The molecule has 1 heterocycles. The van der Waals surface area contributed by atoms with Crippen LogP contribution < -0.4 is 0 Å². The molecule has 1 aliphatic carbocycles. The van der Waals surface area contributed by atoms with Crippen LogP contribution >= 0.6 is 0 Å². The number of hydrogen-bond donors (Lipinski definition) is 0. The zero-order valence-corrected chi connectivity index (χ0v) is 13.2. The van der Waals surface area contributed by atoms with Gasteiger partial charge < -0.3 is 9.47 Å². The summed E-state index contributed by atoms with van der Waals surface area (Å²) in [5, 5.41) is 0. The van der Waals surface area contributed by atoms with Crippen LogP contribution in [0.25, 0.3) is 0 Å². The first kappa shape index (κ1) is 15.0. The van der Waals surface area contributed by atoms with Crippen molar-refractivity contribution in [1.82, 2.24) is 0 Å². The number of hydrogen-bond acceptors (Lipinski definition) is 2. The van der Waals surface area contributed by atoms with Crippen molar-refractivity contribution < 1.29 is 13.9 Å². The quantitative estimate of drug-likeness (QED) is 0.762. The lowest BCUT2D eigenvalue weighted by molar-refractivity contribution is -0.338. The summed E-state index contributed by atoms with van der Waals surface area (Å²) in [5.74, 6) is -0.752. The Labute approximate surface area is 126 Å². The van der Waals surface area contributed by atoms with Crippen molar-refractivity contribution in [2.75, 3.05) is 13.2 Å². The van der Waals surface area contributed by atoms with Crippen LogP contribution in [0.4, 0.5) is 4.39 Å². The van der Waals surface area contributed by atoms with Crippen LogP contribution in [0, 0.1) is 11.2 Å². The standard InChI is InChI=1S/C18H25FO2/c1-16(2)12-20-18(21-13-16)11-5-4-10-17(18,3)14-6-8-15(19)9-7-14/h6-9H,4-5,10-13H2,1-3H3/t17-/m0/s1. The highest BCUT2D eigenvalue weighted by Gasteiger charge is 2.55. The third kappa shape index (κ3) is 2.51. The summed E-state index contributed by atoms with van der Waals surface area (Å²) in [4.78, 5) is 0. The third-order valence-electron chi connectivity index (χ3n) is 5.15. The first-order chi connectivity index (χ1) is 9.87. The van der Waals surface area contributed by atoms with E-state index < -0.39 is 5.79 Å². The van der Waals surface area contributed by atoms with Gasteiger partial charge in [0.15, 0.2) is 5.79 Å². The number of ether oxygens (including phenoxy) is 2. The molecule has 1 aromatic carbocycles. The fourth-order valence-electron chi connectivity index (χ4n) is 3.65. The predicted octanol–water partition coefficient (Wildman–Crippen LogP) is 4.43. The first-order valence-electron chi connectivity index (χ1n) is 7.91. The smallest absolute Gasteiger partial charge is 0.177 e. The van der Waals surface area contributed by atoms with Crippen molar-refractivity contribution in [2.24, 2.45) is 5.41 Å². The van der Waals surface area contributed by atoms with Crippen molar-refractivity contribution in [3.8, 4) is 0 Å². The van der Waals surface area contributed by atoms with Gasteiger partial charge in [0.25, 0.3) is 0 Å². The van der Waals surface area contributed by atoms with Gasteiger partial charge in [-0.25, -0.2) is 4.39 Å². The third-order valence-corrected chi connectivity index (χ3v) is 5.15. The lowest BCUT2D eigenvalue weighted by atomic mass is 9.65. The fraction of sp³-hybridized carbons (Fsp3) is 0.667. The van der Waals surface area contributed by atoms with Crippen LogP contribution in [0.2, 0.25) is 0 Å². The monoisotopic (exact) mass is 292 g/mol. The van der Waals surface area contributed by atoms with Crippen LogP contribution in [0.1, 0.15) is 52.0 Å². The van der Waals surface area contributed by atoms with E-state index in [1.807, 2.05) is 12.1 Å². The molecule has 0 amide bonds. The maximum Gasteiger partial charge on any atom is 0.177 e. The van der Waals surface area contributed by atoms with Gasteiger partial charge in [0.1, 0.15) is 5.82 Å². The van der Waals surface area contributed by atoms with E-state index in [2.05, 4.69) is 20.8 Å². The molecule has 2 fully saturated rings. The molecule has 3 rings (SSSR count). The summed E-state index contributed by atoms with van der Waals surface area (Å²) < 4.78 is 25.9. The molecule has 0 radical (unpaired) electrons. The SMILES string of the molecule is CC1(C)COC2(CCCC[C@@]2(C)c2ccc(F)cc2)OC1. The van der Waals surface area contributed by atoms with Crippen molar-refractivity contribution >= 4 is 0 Å². The van der Waals surface area contributed by atoms with E-state index in [0.29, 0.717) is 13.2 Å². The Kier molecular flexibility index (Phi) is 3.61. The normalized spacial score (nSPS) is 31.2. The largest absolute Gasteiger partial charge is 0.348 e. The Morgan fingerprint density at radius 2 is 1.48 bits per heavy atom. The van der Waals surface area contributed by atoms with Gasteiger partial charge in [-0.1, -0.05) is 39.3 Å². The van der Waals surface area contributed by atoms with Gasteiger partial charge in [-0.15, -0.1) is 0 Å². The molecule has 1 saturated heterocycles. The van der Waals surface area contributed by atoms with Gasteiger partial charge in [0, 0.05) is 17.3 Å². The molecule has 0 N–H and O–H groups in total. The van der Waals surface area contributed by atoms with E-state index in [1.165, 1.54) is 12.1 Å². The minimum absolute atomic E-state index is 0.0619. The Bertz CT molecular complexity index is 498. The van der Waals surface area contributed by atoms with Crippen LogP contribution in [-0.4, -0.2) is 19.0 Å². The van der Waals surface area contributed by atoms with Gasteiger partial charge in [0.05, 0.1) is 13.2 Å². The van der Waals surface area contributed by atoms with Gasteiger partial charge in [-0.05, 0) is 30.5 Å². The van der Waals surface area contributed by atoms with Crippen LogP contribution in [0.3, 0.4) is 0 Å². The van der Waals surface area contributed by atoms with Gasteiger partial charge in [0.2, 0.25) is 0 Å². The second kappa shape index (κ2) is 5.06. The summed E-state index contributed by atoms with van der Waals surface area (Å²) in [6.07, 6.45) is 4.21. The maximum atomic E-state index is 13.3. The predicted molar refractivity (Wildman–Crippen MR) is 80.6 cm³/mol. The summed E-state index contributed by atoms with van der Waals surface area (Å²) in [5.41, 5.74) is 0.963. The van der Waals surface area contributed by atoms with Gasteiger partial charge in [-0.2, -0.15) is 0 Å². The molecule has 2 aliphatic rings. The van der Waals surface area contributed by atoms with Gasteiger partial charge >= 0.3 is 0 Å².